The van der Waals surface area contributed by atoms with Gasteiger partial charge in [-0.05, 0) is 66.1 Å². The van der Waals surface area contributed by atoms with Crippen LogP contribution in [0.1, 0.15) is 65.3 Å². The first-order valence-electron chi connectivity index (χ1n) is 10.6. The van der Waals surface area contributed by atoms with Gasteiger partial charge < -0.3 is 18.5 Å². The second-order valence-corrected chi connectivity index (χ2v) is 11.1. The van der Waals surface area contributed by atoms with Crippen LogP contribution in [-0.2, 0) is 31.7 Å². The minimum atomic E-state index is -0.556. The number of carbonyl (C=O) groups is 1. The van der Waals surface area contributed by atoms with Gasteiger partial charge in [-0.15, -0.1) is 21.5 Å². The number of nitrogens with zero attached hydrogens (tertiary/aromatic N) is 3. The van der Waals surface area contributed by atoms with Gasteiger partial charge in [0.05, 0.1) is 27.8 Å². The molecule has 0 saturated carbocycles. The molecule has 0 radical (unpaired) electrons. The summed E-state index contributed by atoms with van der Waals surface area (Å²) in [6.07, 6.45) is 0.341. The third kappa shape index (κ3) is 4.87. The third-order valence-electron chi connectivity index (χ3n) is 5.51. The van der Waals surface area contributed by atoms with Gasteiger partial charge in [0.15, 0.2) is 0 Å². The van der Waals surface area contributed by atoms with Crippen LogP contribution in [0, 0.1) is 0 Å². The van der Waals surface area contributed by atoms with Gasteiger partial charge >= 0.3 is 13.1 Å². The highest BCUT2D eigenvalue weighted by Crippen LogP contribution is 2.36. The fourth-order valence-corrected chi connectivity index (χ4v) is 4.26. The molecule has 0 bridgehead atoms. The number of carbonyl (C=O) groups excluding carboxylic acids is 1. The average molecular weight is 457 g/mol. The van der Waals surface area contributed by atoms with E-state index >= 15 is 0 Å². The van der Waals surface area contributed by atoms with Crippen molar-refractivity contribution >= 4 is 40.1 Å². The molecular weight excluding hydrogens is 429 g/mol. The predicted octanol–water partition coefficient (Wildman–Crippen LogP) is 3.45. The summed E-state index contributed by atoms with van der Waals surface area (Å²) >= 11 is 1.55. The zero-order chi connectivity index (χ0) is 23.3. The highest BCUT2D eigenvalue weighted by Gasteiger charge is 2.51. The number of thiazole rings is 1. The fourth-order valence-electron chi connectivity index (χ4n) is 3.25. The molecule has 32 heavy (non-hydrogen) atoms. The summed E-state index contributed by atoms with van der Waals surface area (Å²) in [5, 5.41) is 8.85. The fraction of sp³-hybridized carbons (Fsp3) is 0.545. The van der Waals surface area contributed by atoms with Crippen molar-refractivity contribution in [1.82, 2.24) is 15.2 Å². The smallest absolute Gasteiger partial charge is 0.460 e. The van der Waals surface area contributed by atoms with Crippen LogP contribution in [0.15, 0.2) is 22.6 Å². The van der Waals surface area contributed by atoms with E-state index in [2.05, 4.69) is 21.2 Å². The zero-order valence-corrected chi connectivity index (χ0v) is 20.3. The molecule has 4 rings (SSSR count). The van der Waals surface area contributed by atoms with Gasteiger partial charge in [0.25, 0.3) is 0 Å². The number of esters is 1. The van der Waals surface area contributed by atoms with E-state index in [0.717, 1.165) is 20.7 Å². The van der Waals surface area contributed by atoms with Crippen LogP contribution >= 0.6 is 11.3 Å². The summed E-state index contributed by atoms with van der Waals surface area (Å²) in [6, 6.07) is 6.01. The minimum Gasteiger partial charge on any atom is -0.460 e. The number of aromatic nitrogens is 3. The summed E-state index contributed by atoms with van der Waals surface area (Å²) in [4.78, 5) is 16.6. The van der Waals surface area contributed by atoms with E-state index in [1.54, 1.807) is 11.3 Å². The molecule has 0 atom stereocenters. The number of fused-ring (bicyclic) bond motifs is 1. The zero-order valence-electron chi connectivity index (χ0n) is 19.5. The normalized spacial score (nSPS) is 17.8. The van der Waals surface area contributed by atoms with Gasteiger partial charge in [-0.1, -0.05) is 6.07 Å². The van der Waals surface area contributed by atoms with Gasteiger partial charge in [0, 0.05) is 0 Å². The molecule has 1 saturated heterocycles. The van der Waals surface area contributed by atoms with Crippen molar-refractivity contribution < 1.29 is 23.3 Å². The van der Waals surface area contributed by atoms with Crippen molar-refractivity contribution in [1.29, 1.82) is 0 Å². The van der Waals surface area contributed by atoms with Crippen LogP contribution in [-0.4, -0.2) is 45.1 Å². The van der Waals surface area contributed by atoms with Crippen LogP contribution in [0.2, 0.25) is 0 Å². The molecule has 3 heterocycles. The SMILES string of the molecule is CC(C)(C)OC(=O)Cc1nnc(Cc2nc3ccc(B4OC(C)(C)C(C)(C)O4)cc3s2)o1. The molecule has 1 aliphatic heterocycles. The maximum Gasteiger partial charge on any atom is 0.494 e. The number of benzene rings is 1. The lowest BCUT2D eigenvalue weighted by Gasteiger charge is -2.32. The molecule has 10 heteroatoms. The van der Waals surface area contributed by atoms with Crippen molar-refractivity contribution in [2.75, 3.05) is 0 Å². The summed E-state index contributed by atoms with van der Waals surface area (Å²) in [7, 11) is -0.415. The molecule has 170 valence electrons. The van der Waals surface area contributed by atoms with Crippen molar-refractivity contribution in [2.45, 2.75) is 78.1 Å². The number of rotatable bonds is 5. The van der Waals surface area contributed by atoms with E-state index < -0.39 is 18.7 Å². The Labute approximate surface area is 191 Å². The largest absolute Gasteiger partial charge is 0.494 e. The molecule has 2 aromatic heterocycles. The van der Waals surface area contributed by atoms with Crippen molar-refractivity contribution in [3.8, 4) is 0 Å². The molecular formula is C22H28BN3O5S. The third-order valence-corrected chi connectivity index (χ3v) is 6.53. The molecule has 8 nitrogen and oxygen atoms in total. The Bertz CT molecular complexity index is 1130. The Hall–Kier alpha value is -2.30. The van der Waals surface area contributed by atoms with E-state index in [0.29, 0.717) is 12.3 Å². The highest BCUT2D eigenvalue weighted by molar-refractivity contribution is 7.18. The molecule has 1 aliphatic rings. The van der Waals surface area contributed by atoms with E-state index in [4.69, 9.17) is 18.5 Å². The van der Waals surface area contributed by atoms with Gasteiger partial charge in [0.2, 0.25) is 11.8 Å². The molecule has 0 amide bonds. The van der Waals surface area contributed by atoms with Gasteiger partial charge in [-0.2, -0.15) is 0 Å². The van der Waals surface area contributed by atoms with E-state index in [1.807, 2.05) is 60.6 Å². The van der Waals surface area contributed by atoms with Crippen LogP contribution < -0.4 is 5.46 Å². The van der Waals surface area contributed by atoms with Crippen LogP contribution in [0.4, 0.5) is 0 Å². The Morgan fingerprint density at radius 2 is 1.75 bits per heavy atom. The molecule has 0 unspecified atom stereocenters. The lowest BCUT2D eigenvalue weighted by Crippen LogP contribution is -2.41. The number of hydrogen-bond donors (Lipinski definition) is 0. The Morgan fingerprint density at radius 3 is 2.41 bits per heavy atom. The summed E-state index contributed by atoms with van der Waals surface area (Å²) in [5.41, 5.74) is 0.517. The molecule has 0 spiro atoms. The van der Waals surface area contributed by atoms with E-state index in [-0.39, 0.29) is 23.5 Å². The second-order valence-electron chi connectivity index (χ2n) is 9.95. The first kappa shape index (κ1) is 22.9. The minimum absolute atomic E-state index is 0.0540. The van der Waals surface area contributed by atoms with Crippen LogP contribution in [0.5, 0.6) is 0 Å². The van der Waals surface area contributed by atoms with Gasteiger partial charge in [0.1, 0.15) is 17.0 Å². The first-order chi connectivity index (χ1) is 14.8. The molecule has 1 aromatic carbocycles. The van der Waals surface area contributed by atoms with Crippen LogP contribution in [0.25, 0.3) is 10.2 Å². The molecule has 1 fully saturated rings. The monoisotopic (exact) mass is 457 g/mol. The molecule has 0 N–H and O–H groups in total. The Morgan fingerprint density at radius 1 is 1.09 bits per heavy atom. The first-order valence-corrected chi connectivity index (χ1v) is 11.4. The Kier molecular flexibility index (Phi) is 5.67. The van der Waals surface area contributed by atoms with Crippen molar-refractivity contribution in [3.05, 3.63) is 35.0 Å². The van der Waals surface area contributed by atoms with Crippen LogP contribution in [0.3, 0.4) is 0 Å². The molecule has 3 aromatic rings. The summed E-state index contributed by atoms with van der Waals surface area (Å²) < 4.78 is 24.3. The highest BCUT2D eigenvalue weighted by atomic mass is 32.1. The maximum absolute atomic E-state index is 12.0. The number of ether oxygens (including phenoxy) is 1. The van der Waals surface area contributed by atoms with Gasteiger partial charge in [-0.3, -0.25) is 4.79 Å². The summed E-state index contributed by atoms with van der Waals surface area (Å²) in [5.74, 6) is 0.245. The number of hydrogen-bond acceptors (Lipinski definition) is 9. The quantitative estimate of drug-likeness (QED) is 0.425. The molecule has 0 aliphatic carbocycles. The lowest BCUT2D eigenvalue weighted by molar-refractivity contribution is -0.154. The topological polar surface area (TPSA) is 96.6 Å². The predicted molar refractivity (Wildman–Crippen MR) is 122 cm³/mol. The van der Waals surface area contributed by atoms with Gasteiger partial charge in [-0.25, -0.2) is 4.98 Å². The Balaban J connectivity index is 1.45. The standard InChI is InChI=1S/C22H28BN3O5S/c1-20(2,3)29-19(27)12-17-26-25-16(28-17)11-18-24-14-9-8-13(10-15(14)32-18)23-30-21(4,5)22(6,7)31-23/h8-10H,11-12H2,1-7H3. The van der Waals surface area contributed by atoms with Crippen molar-refractivity contribution in [2.24, 2.45) is 0 Å². The second kappa shape index (κ2) is 7.93. The van der Waals surface area contributed by atoms with E-state index in [9.17, 15) is 4.79 Å². The lowest BCUT2D eigenvalue weighted by atomic mass is 9.79. The summed E-state index contributed by atoms with van der Waals surface area (Å²) in [6.45, 7) is 13.6. The van der Waals surface area contributed by atoms with Crippen molar-refractivity contribution in [3.63, 3.8) is 0 Å². The maximum atomic E-state index is 12.0. The van der Waals surface area contributed by atoms with E-state index in [1.165, 1.54) is 0 Å². The average Bonchev–Trinajstić information content (AvgIpc) is 3.29.